The van der Waals surface area contributed by atoms with Crippen LogP contribution in [0.4, 0.5) is 5.95 Å². The summed E-state index contributed by atoms with van der Waals surface area (Å²) in [6, 6.07) is 1.78. The van der Waals surface area contributed by atoms with Gasteiger partial charge in [-0.3, -0.25) is 4.79 Å². The van der Waals surface area contributed by atoms with E-state index < -0.39 is 0 Å². The number of aryl methyl sites for hydroxylation is 1. The number of carbonyl (C=O) groups excluding carboxylic acids is 1. The lowest BCUT2D eigenvalue weighted by Gasteiger charge is -2.32. The van der Waals surface area contributed by atoms with E-state index in [9.17, 15) is 9.59 Å². The van der Waals surface area contributed by atoms with E-state index in [2.05, 4.69) is 25.2 Å². The number of anilines is 1. The van der Waals surface area contributed by atoms with Crippen molar-refractivity contribution in [2.75, 3.05) is 18.0 Å². The molecule has 0 bridgehead atoms. The van der Waals surface area contributed by atoms with Gasteiger partial charge >= 0.3 is 5.69 Å². The van der Waals surface area contributed by atoms with Gasteiger partial charge in [0.1, 0.15) is 5.69 Å². The SMILES string of the molecule is Cn1cc(C(=O)NC2CCCN(c3ncccn3)C2)[nH]c1=O. The Bertz CT molecular complexity index is 708. The highest BCUT2D eigenvalue weighted by Gasteiger charge is 2.23. The van der Waals surface area contributed by atoms with Gasteiger partial charge in [0.05, 0.1) is 0 Å². The van der Waals surface area contributed by atoms with Crippen molar-refractivity contribution in [3.8, 4) is 0 Å². The van der Waals surface area contributed by atoms with Crippen molar-refractivity contribution < 1.29 is 4.79 Å². The topological polar surface area (TPSA) is 95.9 Å². The maximum absolute atomic E-state index is 12.2. The minimum absolute atomic E-state index is 0.00812. The number of rotatable bonds is 3. The van der Waals surface area contributed by atoms with E-state index in [4.69, 9.17) is 0 Å². The quantitative estimate of drug-likeness (QED) is 0.825. The Labute approximate surface area is 127 Å². The van der Waals surface area contributed by atoms with Crippen LogP contribution in [-0.2, 0) is 7.05 Å². The molecule has 0 radical (unpaired) electrons. The number of imidazole rings is 1. The van der Waals surface area contributed by atoms with Crippen LogP contribution < -0.4 is 15.9 Å². The van der Waals surface area contributed by atoms with Gasteiger partial charge in [0.15, 0.2) is 0 Å². The van der Waals surface area contributed by atoms with Gasteiger partial charge in [0.2, 0.25) is 5.95 Å². The van der Waals surface area contributed by atoms with Crippen LogP contribution in [0, 0.1) is 0 Å². The second-order valence-electron chi connectivity index (χ2n) is 5.39. The Hall–Kier alpha value is -2.64. The van der Waals surface area contributed by atoms with E-state index in [0.29, 0.717) is 12.5 Å². The number of nitrogens with zero attached hydrogens (tertiary/aromatic N) is 4. The molecule has 1 amide bonds. The molecule has 1 atom stereocenters. The lowest BCUT2D eigenvalue weighted by atomic mass is 10.1. The number of aromatic amines is 1. The normalized spacial score (nSPS) is 18.2. The fourth-order valence-electron chi connectivity index (χ4n) is 2.60. The zero-order valence-electron chi connectivity index (χ0n) is 12.3. The van der Waals surface area contributed by atoms with E-state index in [-0.39, 0.29) is 23.3 Å². The van der Waals surface area contributed by atoms with Gasteiger partial charge in [-0.05, 0) is 18.9 Å². The molecule has 8 nitrogen and oxygen atoms in total. The van der Waals surface area contributed by atoms with Crippen molar-refractivity contribution in [2.45, 2.75) is 18.9 Å². The van der Waals surface area contributed by atoms with E-state index in [1.807, 2.05) is 0 Å². The summed E-state index contributed by atoms with van der Waals surface area (Å²) >= 11 is 0. The van der Waals surface area contributed by atoms with Crippen LogP contribution in [0.25, 0.3) is 0 Å². The third kappa shape index (κ3) is 3.00. The number of amides is 1. The fourth-order valence-corrected chi connectivity index (χ4v) is 2.60. The van der Waals surface area contributed by atoms with Crippen molar-refractivity contribution in [3.05, 3.63) is 40.8 Å². The summed E-state index contributed by atoms with van der Waals surface area (Å²) in [6.07, 6.45) is 6.76. The van der Waals surface area contributed by atoms with E-state index in [0.717, 1.165) is 19.4 Å². The molecule has 1 unspecified atom stereocenters. The third-order valence-corrected chi connectivity index (χ3v) is 3.72. The molecule has 0 aromatic carbocycles. The summed E-state index contributed by atoms with van der Waals surface area (Å²) < 4.78 is 1.35. The Morgan fingerprint density at radius 2 is 2.18 bits per heavy atom. The average molecular weight is 302 g/mol. The maximum Gasteiger partial charge on any atom is 0.325 e. The van der Waals surface area contributed by atoms with Crippen molar-refractivity contribution in [2.24, 2.45) is 7.05 Å². The van der Waals surface area contributed by atoms with Gasteiger partial charge in [-0.1, -0.05) is 0 Å². The number of hydrogen-bond acceptors (Lipinski definition) is 5. The molecule has 3 rings (SSSR count). The molecule has 0 spiro atoms. The van der Waals surface area contributed by atoms with Crippen LogP contribution in [0.3, 0.4) is 0 Å². The first-order valence-electron chi connectivity index (χ1n) is 7.22. The molecule has 0 saturated carbocycles. The molecule has 0 aliphatic carbocycles. The second kappa shape index (κ2) is 6.00. The predicted octanol–water partition coefficient (Wildman–Crippen LogP) is -0.0978. The molecule has 1 saturated heterocycles. The largest absolute Gasteiger partial charge is 0.346 e. The van der Waals surface area contributed by atoms with Crippen molar-refractivity contribution in [1.29, 1.82) is 0 Å². The van der Waals surface area contributed by atoms with Crippen LogP contribution in [0.1, 0.15) is 23.3 Å². The molecular weight excluding hydrogens is 284 g/mol. The first-order chi connectivity index (χ1) is 10.6. The summed E-state index contributed by atoms with van der Waals surface area (Å²) in [5.74, 6) is 0.410. The average Bonchev–Trinajstić information content (AvgIpc) is 2.88. The highest BCUT2D eigenvalue weighted by molar-refractivity contribution is 5.92. The smallest absolute Gasteiger partial charge is 0.325 e. The third-order valence-electron chi connectivity index (χ3n) is 3.72. The summed E-state index contributed by atoms with van der Waals surface area (Å²) in [4.78, 5) is 36.6. The minimum atomic E-state index is -0.298. The van der Waals surface area contributed by atoms with E-state index >= 15 is 0 Å². The number of hydrogen-bond donors (Lipinski definition) is 2. The van der Waals surface area contributed by atoms with E-state index in [1.54, 1.807) is 25.5 Å². The lowest BCUT2D eigenvalue weighted by Crippen LogP contribution is -2.48. The second-order valence-corrected chi connectivity index (χ2v) is 5.39. The first kappa shape index (κ1) is 14.3. The number of piperidine rings is 1. The van der Waals surface area contributed by atoms with Crippen LogP contribution in [0.2, 0.25) is 0 Å². The number of H-pyrrole nitrogens is 1. The molecular formula is C14H18N6O2. The van der Waals surface area contributed by atoms with E-state index in [1.165, 1.54) is 10.8 Å². The first-order valence-corrected chi connectivity index (χ1v) is 7.22. The molecule has 22 heavy (non-hydrogen) atoms. The van der Waals surface area contributed by atoms with Crippen LogP contribution in [-0.4, -0.2) is 44.6 Å². The van der Waals surface area contributed by atoms with Gasteiger partial charge in [0.25, 0.3) is 5.91 Å². The summed E-state index contributed by atoms with van der Waals surface area (Å²) in [5.41, 5.74) is -0.0197. The van der Waals surface area contributed by atoms with Gasteiger partial charge < -0.3 is 19.8 Å². The Balaban J connectivity index is 1.65. The Kier molecular flexibility index (Phi) is 3.90. The van der Waals surface area contributed by atoms with Gasteiger partial charge in [-0.25, -0.2) is 14.8 Å². The summed E-state index contributed by atoms with van der Waals surface area (Å²) in [7, 11) is 1.60. The van der Waals surface area contributed by atoms with Gasteiger partial charge in [-0.15, -0.1) is 0 Å². The maximum atomic E-state index is 12.2. The molecule has 1 aliphatic heterocycles. The molecule has 2 aromatic rings. The molecule has 1 fully saturated rings. The minimum Gasteiger partial charge on any atom is -0.346 e. The highest BCUT2D eigenvalue weighted by Crippen LogP contribution is 2.15. The zero-order valence-corrected chi connectivity index (χ0v) is 12.3. The lowest BCUT2D eigenvalue weighted by molar-refractivity contribution is 0.0928. The Morgan fingerprint density at radius 1 is 1.41 bits per heavy atom. The molecule has 116 valence electrons. The predicted molar refractivity (Wildman–Crippen MR) is 80.8 cm³/mol. The standard InChI is InChI=1S/C14H18N6O2/c1-19-9-11(18-14(19)22)12(21)17-10-4-2-7-20(8-10)13-15-5-3-6-16-13/h3,5-6,9-10H,2,4,7-8H2,1H3,(H,17,21)(H,18,22). The van der Waals surface area contributed by atoms with Crippen LogP contribution >= 0.6 is 0 Å². The molecule has 2 aromatic heterocycles. The van der Waals surface area contributed by atoms with Crippen molar-refractivity contribution in [1.82, 2.24) is 24.8 Å². The summed E-state index contributed by atoms with van der Waals surface area (Å²) in [6.45, 7) is 1.53. The van der Waals surface area contributed by atoms with Crippen molar-refractivity contribution in [3.63, 3.8) is 0 Å². The number of carbonyl (C=O) groups is 1. The van der Waals surface area contributed by atoms with Gasteiger partial charge in [0, 0.05) is 44.8 Å². The van der Waals surface area contributed by atoms with Crippen LogP contribution in [0.5, 0.6) is 0 Å². The zero-order chi connectivity index (χ0) is 15.5. The highest BCUT2D eigenvalue weighted by atomic mass is 16.2. The molecule has 3 heterocycles. The summed E-state index contributed by atoms with van der Waals surface area (Å²) in [5, 5.41) is 2.96. The monoisotopic (exact) mass is 302 g/mol. The Morgan fingerprint density at radius 3 is 2.86 bits per heavy atom. The fraction of sp³-hybridized carbons (Fsp3) is 0.429. The van der Waals surface area contributed by atoms with Gasteiger partial charge in [-0.2, -0.15) is 0 Å². The molecule has 8 heteroatoms. The molecule has 2 N–H and O–H groups in total. The number of nitrogens with one attached hydrogen (secondary N) is 2. The molecule has 1 aliphatic rings. The number of aromatic nitrogens is 4. The van der Waals surface area contributed by atoms with Crippen LogP contribution in [0.15, 0.2) is 29.5 Å². The van der Waals surface area contributed by atoms with Crippen molar-refractivity contribution >= 4 is 11.9 Å².